The molecule has 6 rings (SSSR count). The highest BCUT2D eigenvalue weighted by Crippen LogP contribution is 2.35. The third-order valence-electron chi connectivity index (χ3n) is 9.13. The summed E-state index contributed by atoms with van der Waals surface area (Å²) in [6.45, 7) is 3.46. The molecule has 5 N–H and O–H groups in total. The van der Waals surface area contributed by atoms with E-state index in [4.69, 9.17) is 14.2 Å². The van der Waals surface area contributed by atoms with Gasteiger partial charge in [0.2, 0.25) is 17.7 Å². The zero-order valence-electron chi connectivity index (χ0n) is 31.4. The van der Waals surface area contributed by atoms with Crippen molar-refractivity contribution in [1.29, 1.82) is 0 Å². The van der Waals surface area contributed by atoms with Crippen LogP contribution in [0.2, 0.25) is 0 Å². The third-order valence-corrected chi connectivity index (χ3v) is 9.13. The first kappa shape index (κ1) is 39.8. The normalized spacial score (nSPS) is 17.7. The highest BCUT2D eigenvalue weighted by Gasteiger charge is 2.28. The molecule has 55 heavy (non-hydrogen) atoms. The zero-order valence-corrected chi connectivity index (χ0v) is 31.4. The largest absolute Gasteiger partial charge is 0.496 e. The lowest BCUT2D eigenvalue weighted by Crippen LogP contribution is -2.54. The number of aryl methyl sites for hydroxylation is 2. The van der Waals surface area contributed by atoms with Gasteiger partial charge >= 0.3 is 0 Å². The number of nitrogens with one attached hydrogen (secondary N) is 5. The lowest BCUT2D eigenvalue weighted by molar-refractivity contribution is -0.132. The maximum absolute atomic E-state index is 13.7. The van der Waals surface area contributed by atoms with Crippen LogP contribution >= 0.6 is 0 Å². The van der Waals surface area contributed by atoms with Crippen molar-refractivity contribution in [2.24, 2.45) is 0 Å². The summed E-state index contributed by atoms with van der Waals surface area (Å²) in [5, 5.41) is 11.3. The minimum atomic E-state index is -1.01. The molecular formula is C40H47N7O8. The summed E-state index contributed by atoms with van der Waals surface area (Å²) < 4.78 is 17.2. The number of hydrogen-bond donors (Lipinski definition) is 5. The van der Waals surface area contributed by atoms with Crippen molar-refractivity contribution in [3.05, 3.63) is 101 Å². The smallest absolute Gasteiger partial charge is 0.274 e. The molecule has 4 aromatic rings. The number of aromatic amines is 1. The Morgan fingerprint density at radius 3 is 2.42 bits per heavy atom. The van der Waals surface area contributed by atoms with E-state index in [9.17, 15) is 24.0 Å². The molecule has 0 aliphatic carbocycles. The number of imidazole rings is 1. The molecule has 2 aliphatic heterocycles. The average Bonchev–Trinajstić information content (AvgIpc) is 3.63. The van der Waals surface area contributed by atoms with Gasteiger partial charge in [-0.05, 0) is 75.4 Å². The number of nitrogens with zero attached hydrogens (tertiary/aromatic N) is 2. The fourth-order valence-electron chi connectivity index (χ4n) is 6.02. The first-order valence-electron chi connectivity index (χ1n) is 18.1. The number of aromatic nitrogens is 2. The second kappa shape index (κ2) is 19.1. The topological polar surface area (TPSA) is 193 Å². The van der Waals surface area contributed by atoms with Gasteiger partial charge < -0.3 is 45.4 Å². The first-order valence-corrected chi connectivity index (χ1v) is 18.1. The monoisotopic (exact) mass is 753 g/mol. The van der Waals surface area contributed by atoms with Gasteiger partial charge in [0, 0.05) is 42.5 Å². The van der Waals surface area contributed by atoms with Crippen LogP contribution in [0.15, 0.2) is 73.1 Å². The lowest BCUT2D eigenvalue weighted by atomic mass is 10.0. The van der Waals surface area contributed by atoms with Crippen molar-refractivity contribution < 1.29 is 38.2 Å². The average molecular weight is 754 g/mol. The second-order valence-electron chi connectivity index (χ2n) is 13.1. The molecular weight excluding hydrogens is 706 g/mol. The number of fused-ring (bicyclic) bond motifs is 18. The van der Waals surface area contributed by atoms with Crippen LogP contribution in [0, 0.1) is 6.92 Å². The molecule has 15 heteroatoms. The van der Waals surface area contributed by atoms with Crippen molar-refractivity contribution in [2.75, 3.05) is 33.9 Å². The van der Waals surface area contributed by atoms with E-state index in [0.29, 0.717) is 65.6 Å². The van der Waals surface area contributed by atoms with Gasteiger partial charge in [-0.15, -0.1) is 0 Å². The van der Waals surface area contributed by atoms with Gasteiger partial charge in [0.05, 0.1) is 27.1 Å². The van der Waals surface area contributed by atoms with E-state index in [0.717, 1.165) is 5.56 Å². The van der Waals surface area contributed by atoms with E-state index in [2.05, 4.69) is 31.2 Å². The predicted octanol–water partition coefficient (Wildman–Crippen LogP) is 3.43. The van der Waals surface area contributed by atoms with Crippen molar-refractivity contribution in [3.63, 3.8) is 0 Å². The molecule has 3 heterocycles. The molecule has 15 nitrogen and oxygen atoms in total. The van der Waals surface area contributed by atoms with E-state index in [1.165, 1.54) is 25.4 Å². The van der Waals surface area contributed by atoms with Crippen molar-refractivity contribution in [2.45, 2.75) is 58.2 Å². The van der Waals surface area contributed by atoms with E-state index >= 15 is 0 Å². The van der Waals surface area contributed by atoms with E-state index in [1.807, 2.05) is 30.3 Å². The molecule has 4 bridgehead atoms. The molecule has 2 atom stereocenters. The van der Waals surface area contributed by atoms with Crippen LogP contribution < -0.4 is 35.5 Å². The summed E-state index contributed by atoms with van der Waals surface area (Å²) >= 11 is 0. The summed E-state index contributed by atoms with van der Waals surface area (Å²) in [7, 11) is 2.99. The molecule has 0 saturated carbocycles. The Kier molecular flexibility index (Phi) is 13.8. The number of carbonyl (C=O) groups is 5. The standard InChI is InChI=1S/C40H47N7O8/c1-25-36(44-24-43-25)40(52)47-19-9-8-18-41-38(50)28-14-17-32(53-3)34(20-28)55-30-15-13-29(33(21-30)54-4)22-42-37(49)26(2)45-39(51)31(46-35(48)23-47)16-12-27-10-6-5-7-11-27/h5-7,10-11,13-15,17,20-21,24,26,31H,8-9,12,16,18-19,22-23H2,1-4H3,(H,41,50)(H,42,49)(H,43,44)(H,45,51)(H,46,48)/t26-,31-/m0/s1. The van der Waals surface area contributed by atoms with Gasteiger partial charge in [-0.2, -0.15) is 0 Å². The van der Waals surface area contributed by atoms with Crippen LogP contribution in [0.5, 0.6) is 23.0 Å². The fourth-order valence-corrected chi connectivity index (χ4v) is 6.02. The Balaban J connectivity index is 1.40. The molecule has 1 aromatic heterocycles. The number of ether oxygens (including phenoxy) is 3. The predicted molar refractivity (Wildman–Crippen MR) is 203 cm³/mol. The van der Waals surface area contributed by atoms with Crippen LogP contribution in [0.3, 0.4) is 0 Å². The molecule has 0 fully saturated rings. The van der Waals surface area contributed by atoms with Gasteiger partial charge in [0.1, 0.15) is 29.3 Å². The number of rotatable bonds is 6. The summed E-state index contributed by atoms with van der Waals surface area (Å²) in [5.41, 5.74) is 2.67. The summed E-state index contributed by atoms with van der Waals surface area (Å²) in [6.07, 6.45) is 3.05. The summed E-state index contributed by atoms with van der Waals surface area (Å²) in [4.78, 5) is 75.7. The van der Waals surface area contributed by atoms with Gasteiger partial charge in [0.25, 0.3) is 11.8 Å². The Morgan fingerprint density at radius 2 is 1.69 bits per heavy atom. The molecule has 5 amide bonds. The van der Waals surface area contributed by atoms with Crippen molar-refractivity contribution >= 4 is 29.5 Å². The second-order valence-corrected chi connectivity index (χ2v) is 13.1. The summed E-state index contributed by atoms with van der Waals surface area (Å²) in [6, 6.07) is 17.5. The number of amides is 5. The van der Waals surface area contributed by atoms with Gasteiger partial charge in [-0.1, -0.05) is 30.3 Å². The molecule has 3 aromatic carbocycles. The Hall–Kier alpha value is -6.38. The number of carbonyl (C=O) groups excluding carboxylic acids is 5. The van der Waals surface area contributed by atoms with Crippen LogP contribution in [-0.2, 0) is 27.3 Å². The Bertz CT molecular complexity index is 1980. The van der Waals surface area contributed by atoms with Gasteiger partial charge in [-0.25, -0.2) is 4.98 Å². The SMILES string of the molecule is COc1cc2ccc1CNC(=O)[C@H](C)NC(=O)[C@H](CCc1ccccc1)NC(=O)CN(C(=O)c1nc[nH]c1C)CCCCNC(=O)c1ccc(OC)c(c1)O2. The quantitative estimate of drug-likeness (QED) is 0.184. The molecule has 0 unspecified atom stereocenters. The molecule has 2 aliphatic rings. The van der Waals surface area contributed by atoms with E-state index in [-0.39, 0.29) is 37.7 Å². The van der Waals surface area contributed by atoms with E-state index in [1.54, 1.807) is 50.2 Å². The Morgan fingerprint density at radius 1 is 0.909 bits per heavy atom. The summed E-state index contributed by atoms with van der Waals surface area (Å²) in [5.74, 6) is -0.808. The van der Waals surface area contributed by atoms with Crippen LogP contribution in [0.25, 0.3) is 0 Å². The number of benzene rings is 3. The highest BCUT2D eigenvalue weighted by molar-refractivity contribution is 5.97. The van der Waals surface area contributed by atoms with Crippen molar-refractivity contribution in [3.8, 4) is 23.0 Å². The first-order chi connectivity index (χ1) is 26.6. The van der Waals surface area contributed by atoms with Crippen LogP contribution in [0.1, 0.15) is 63.9 Å². The van der Waals surface area contributed by atoms with E-state index < -0.39 is 35.7 Å². The van der Waals surface area contributed by atoms with Crippen molar-refractivity contribution in [1.82, 2.24) is 36.1 Å². The maximum Gasteiger partial charge on any atom is 0.274 e. The number of hydrogen-bond acceptors (Lipinski definition) is 9. The van der Waals surface area contributed by atoms with Gasteiger partial charge in [-0.3, -0.25) is 24.0 Å². The minimum Gasteiger partial charge on any atom is -0.496 e. The molecule has 290 valence electrons. The van der Waals surface area contributed by atoms with Crippen LogP contribution in [-0.4, -0.2) is 90.3 Å². The number of H-pyrrole nitrogens is 1. The zero-order chi connectivity index (χ0) is 39.3. The molecule has 0 saturated heterocycles. The molecule has 0 radical (unpaired) electrons. The number of methoxy groups -OCH3 is 2. The third kappa shape index (κ3) is 10.8. The van der Waals surface area contributed by atoms with Gasteiger partial charge in [0.15, 0.2) is 11.5 Å². The lowest BCUT2D eigenvalue weighted by Gasteiger charge is -2.25. The highest BCUT2D eigenvalue weighted by atomic mass is 16.5. The Labute approximate surface area is 319 Å². The molecule has 0 spiro atoms. The fraction of sp³-hybridized carbons (Fsp3) is 0.350. The minimum absolute atomic E-state index is 0.0784. The van der Waals surface area contributed by atoms with Crippen LogP contribution in [0.4, 0.5) is 0 Å². The maximum atomic E-state index is 13.7.